The van der Waals surface area contributed by atoms with Crippen LogP contribution >= 0.6 is 0 Å². The molecule has 2 aromatic heterocycles. The number of methoxy groups -OCH3 is 1. The molecule has 5 N–H and O–H groups in total. The molecule has 10 heteroatoms. The van der Waals surface area contributed by atoms with Gasteiger partial charge in [0.05, 0.1) is 25.0 Å². The number of aromatic amines is 1. The number of rotatable bonds is 10. The number of H-pyrrole nitrogens is 1. The number of fused-ring (bicyclic) bond motifs is 1. The summed E-state index contributed by atoms with van der Waals surface area (Å²) in [4.78, 5) is 6.60. The number of aromatic nitrogens is 5. The van der Waals surface area contributed by atoms with Crippen LogP contribution in [0, 0.1) is 0 Å². The molecule has 1 aliphatic rings. The maximum atomic E-state index is 6.66. The first kappa shape index (κ1) is 21.8. The fourth-order valence-electron chi connectivity index (χ4n) is 4.13. The number of ether oxygens (including phenoxy) is 1. The molecule has 32 heavy (non-hydrogen) atoms. The minimum Gasteiger partial charge on any atom is -0.496 e. The van der Waals surface area contributed by atoms with Gasteiger partial charge < -0.3 is 25.7 Å². The number of aliphatic imine (C=N–C) groups is 1. The molecule has 0 saturated carbocycles. The van der Waals surface area contributed by atoms with Gasteiger partial charge in [0.25, 0.3) is 0 Å². The van der Waals surface area contributed by atoms with Crippen molar-refractivity contribution in [1.29, 1.82) is 0 Å². The highest BCUT2D eigenvalue weighted by Crippen LogP contribution is 2.34. The maximum absolute atomic E-state index is 6.66. The summed E-state index contributed by atoms with van der Waals surface area (Å²) in [5.41, 5.74) is 16.9. The molecular weight excluding hydrogens is 406 g/mol. The zero-order valence-corrected chi connectivity index (χ0v) is 18.7. The van der Waals surface area contributed by atoms with Gasteiger partial charge in [-0.1, -0.05) is 31.9 Å². The predicted molar refractivity (Wildman–Crippen MR) is 123 cm³/mol. The Morgan fingerprint density at radius 3 is 2.81 bits per heavy atom. The van der Waals surface area contributed by atoms with E-state index in [0.29, 0.717) is 12.5 Å². The Morgan fingerprint density at radius 1 is 1.19 bits per heavy atom. The fraction of sp³-hybridized carbons (Fsp3) is 0.455. The first-order valence-electron chi connectivity index (χ1n) is 11.0. The van der Waals surface area contributed by atoms with Crippen LogP contribution in [-0.4, -0.2) is 49.7 Å². The summed E-state index contributed by atoms with van der Waals surface area (Å²) < 4.78 is 7.78. The number of unbranched alkanes of at least 4 members (excludes halogenated alkanes) is 2. The van der Waals surface area contributed by atoms with Gasteiger partial charge in [0, 0.05) is 24.7 Å². The summed E-state index contributed by atoms with van der Waals surface area (Å²) in [6.07, 6.45) is 6.56. The minimum atomic E-state index is -0.331. The first-order chi connectivity index (χ1) is 15.6. The van der Waals surface area contributed by atoms with Gasteiger partial charge in [-0.3, -0.25) is 0 Å². The first-order valence-corrected chi connectivity index (χ1v) is 11.0. The quantitative estimate of drug-likeness (QED) is 0.414. The van der Waals surface area contributed by atoms with Gasteiger partial charge in [-0.2, -0.15) is 0 Å². The minimum absolute atomic E-state index is 0.331. The summed E-state index contributed by atoms with van der Waals surface area (Å²) in [5, 5.41) is 14.0. The van der Waals surface area contributed by atoms with Gasteiger partial charge in [-0.15, -0.1) is 5.10 Å². The average molecular weight is 438 g/mol. The summed E-state index contributed by atoms with van der Waals surface area (Å²) in [7, 11) is 1.69. The van der Waals surface area contributed by atoms with Gasteiger partial charge in [0.1, 0.15) is 17.7 Å². The molecule has 3 aromatic rings. The van der Waals surface area contributed by atoms with Crippen LogP contribution in [0.3, 0.4) is 0 Å². The third-order valence-corrected chi connectivity index (χ3v) is 5.86. The van der Waals surface area contributed by atoms with E-state index in [-0.39, 0.29) is 6.17 Å². The van der Waals surface area contributed by atoms with Gasteiger partial charge in [-0.05, 0) is 41.0 Å². The second kappa shape index (κ2) is 9.82. The second-order valence-electron chi connectivity index (χ2n) is 8.02. The number of tetrazole rings is 1. The summed E-state index contributed by atoms with van der Waals surface area (Å²) in [6.45, 7) is 3.60. The highest BCUT2D eigenvalue weighted by atomic mass is 16.5. The molecule has 0 aliphatic carbocycles. The third-order valence-electron chi connectivity index (χ3n) is 5.86. The Balaban J connectivity index is 1.55. The Kier molecular flexibility index (Phi) is 6.69. The van der Waals surface area contributed by atoms with Crippen molar-refractivity contribution < 1.29 is 4.74 Å². The molecule has 0 saturated heterocycles. The van der Waals surface area contributed by atoms with Gasteiger partial charge in [-0.25, -0.2) is 10.1 Å². The molecule has 0 amide bonds. The van der Waals surface area contributed by atoms with Gasteiger partial charge in [0.15, 0.2) is 5.96 Å². The van der Waals surface area contributed by atoms with Crippen molar-refractivity contribution in [3.63, 3.8) is 0 Å². The van der Waals surface area contributed by atoms with Crippen molar-refractivity contribution in [2.45, 2.75) is 51.7 Å². The highest BCUT2D eigenvalue weighted by Gasteiger charge is 2.28. The van der Waals surface area contributed by atoms with Crippen molar-refractivity contribution in [2.24, 2.45) is 16.5 Å². The van der Waals surface area contributed by atoms with Crippen molar-refractivity contribution in [2.75, 3.05) is 13.7 Å². The second-order valence-corrected chi connectivity index (χ2v) is 8.02. The number of aryl methyl sites for hydroxylation is 2. The van der Waals surface area contributed by atoms with E-state index in [2.05, 4.69) is 49.2 Å². The monoisotopic (exact) mass is 437 g/mol. The van der Waals surface area contributed by atoms with Gasteiger partial charge >= 0.3 is 0 Å². The Morgan fingerprint density at radius 2 is 2.06 bits per heavy atom. The average Bonchev–Trinajstić information content (AvgIpc) is 3.45. The molecule has 0 bridgehead atoms. The molecule has 0 radical (unpaired) electrons. The normalized spacial score (nSPS) is 15.5. The van der Waals surface area contributed by atoms with Crippen LogP contribution in [0.25, 0.3) is 0 Å². The Bertz CT molecular complexity index is 1060. The van der Waals surface area contributed by atoms with Crippen LogP contribution in [0.5, 0.6) is 5.75 Å². The van der Waals surface area contributed by atoms with E-state index in [1.54, 1.807) is 7.11 Å². The number of hydrogen-bond acceptors (Lipinski definition) is 8. The number of nitrogens with zero attached hydrogens (tertiary/aromatic N) is 6. The number of hydrogen-bond donors (Lipinski definition) is 3. The standard InChI is InChI=1S/C22H31N9O/c1-3-4-5-11-31-21(23)20-17(25-22(31)24)10-12-30(20)14-16-13-15(6-8-18(16)32-2)7-9-19-26-28-29-27-19/h6,8,10,12-13,21H,3-5,7,9,11,14,23H2,1-2H3,(H2,24,25)(H,26,27,28,29). The van der Waals surface area contributed by atoms with E-state index >= 15 is 0 Å². The van der Waals surface area contributed by atoms with E-state index in [4.69, 9.17) is 16.2 Å². The van der Waals surface area contributed by atoms with E-state index in [0.717, 1.165) is 67.2 Å². The van der Waals surface area contributed by atoms with E-state index in [9.17, 15) is 0 Å². The van der Waals surface area contributed by atoms with Crippen molar-refractivity contribution in [3.8, 4) is 5.75 Å². The summed E-state index contributed by atoms with van der Waals surface area (Å²) in [6, 6.07) is 8.22. The molecule has 4 rings (SSSR count). The lowest BCUT2D eigenvalue weighted by Crippen LogP contribution is -2.46. The maximum Gasteiger partial charge on any atom is 0.198 e. The molecule has 0 spiro atoms. The van der Waals surface area contributed by atoms with Crippen LogP contribution in [0.1, 0.15) is 55.0 Å². The lowest BCUT2D eigenvalue weighted by molar-refractivity contribution is 0.295. The van der Waals surface area contributed by atoms with Crippen LogP contribution in [0.2, 0.25) is 0 Å². The number of benzene rings is 1. The molecule has 1 aliphatic heterocycles. The molecule has 10 nitrogen and oxygen atoms in total. The third kappa shape index (κ3) is 4.59. The van der Waals surface area contributed by atoms with Crippen LogP contribution < -0.4 is 16.2 Å². The van der Waals surface area contributed by atoms with Crippen molar-refractivity contribution in [3.05, 3.63) is 53.1 Å². The SMILES string of the molecule is CCCCCN1C(N)=Nc2ccn(Cc3cc(CCc4nnn[nH]4)ccc3OC)c2C1N. The smallest absolute Gasteiger partial charge is 0.198 e. The summed E-state index contributed by atoms with van der Waals surface area (Å²) >= 11 is 0. The highest BCUT2D eigenvalue weighted by molar-refractivity contribution is 5.84. The zero-order chi connectivity index (χ0) is 22.5. The van der Waals surface area contributed by atoms with E-state index in [1.165, 1.54) is 5.56 Å². The predicted octanol–water partition coefficient (Wildman–Crippen LogP) is 2.25. The Labute approximate surface area is 187 Å². The lowest BCUT2D eigenvalue weighted by Gasteiger charge is -2.34. The number of guanidine groups is 1. The van der Waals surface area contributed by atoms with Crippen LogP contribution in [0.4, 0.5) is 5.69 Å². The molecule has 1 atom stereocenters. The molecule has 3 heterocycles. The zero-order valence-electron chi connectivity index (χ0n) is 18.7. The number of nitrogens with two attached hydrogens (primary N) is 2. The van der Waals surface area contributed by atoms with Crippen LogP contribution in [-0.2, 0) is 19.4 Å². The Hall–Kier alpha value is -3.40. The largest absolute Gasteiger partial charge is 0.496 e. The molecule has 1 aromatic carbocycles. The fourth-order valence-corrected chi connectivity index (χ4v) is 4.13. The van der Waals surface area contributed by atoms with E-state index < -0.39 is 0 Å². The lowest BCUT2D eigenvalue weighted by atomic mass is 10.0. The molecule has 1 unspecified atom stereocenters. The molecular formula is C22H31N9O. The topological polar surface area (TPSA) is 136 Å². The van der Waals surface area contributed by atoms with Crippen molar-refractivity contribution in [1.82, 2.24) is 30.1 Å². The van der Waals surface area contributed by atoms with Crippen molar-refractivity contribution >= 4 is 11.6 Å². The van der Waals surface area contributed by atoms with Crippen LogP contribution in [0.15, 0.2) is 35.5 Å². The number of nitrogens with one attached hydrogen (secondary N) is 1. The molecule has 0 fully saturated rings. The summed E-state index contributed by atoms with van der Waals surface area (Å²) in [5.74, 6) is 2.09. The molecule has 170 valence electrons. The van der Waals surface area contributed by atoms with Gasteiger partial charge in [0.2, 0.25) is 0 Å². The van der Waals surface area contributed by atoms with E-state index in [1.807, 2.05) is 23.2 Å².